The second kappa shape index (κ2) is 6.68. The molecule has 0 aliphatic heterocycles. The maximum Gasteiger partial charge on any atom is 0.339 e. The Morgan fingerprint density at radius 3 is 2.50 bits per heavy atom. The lowest BCUT2D eigenvalue weighted by Crippen LogP contribution is -2.13. The third-order valence-electron chi connectivity index (χ3n) is 2.85. The first-order valence-electron chi connectivity index (χ1n) is 6.10. The number of hydrogen-bond acceptors (Lipinski definition) is 3. The van der Waals surface area contributed by atoms with Crippen molar-refractivity contribution in [2.75, 3.05) is 12.4 Å². The Kier molecular flexibility index (Phi) is 4.90. The van der Waals surface area contributed by atoms with E-state index in [0.29, 0.717) is 10.6 Å². The second-order valence-electron chi connectivity index (χ2n) is 4.30. The van der Waals surface area contributed by atoms with Crippen LogP contribution in [0.3, 0.4) is 0 Å². The van der Waals surface area contributed by atoms with Gasteiger partial charge in [0.2, 0.25) is 0 Å². The summed E-state index contributed by atoms with van der Waals surface area (Å²) in [6.07, 6.45) is 0. The quantitative estimate of drug-likeness (QED) is 0.884. The van der Waals surface area contributed by atoms with Gasteiger partial charge >= 0.3 is 5.97 Å². The molecule has 2 N–H and O–H groups in total. The Morgan fingerprint density at radius 2 is 1.91 bits per heavy atom. The maximum atomic E-state index is 12.2. The molecule has 5 nitrogen and oxygen atoms in total. The third-order valence-corrected chi connectivity index (χ3v) is 3.40. The zero-order valence-electron chi connectivity index (χ0n) is 11.4. The first-order chi connectivity index (χ1) is 10.4. The van der Waals surface area contributed by atoms with E-state index in [2.05, 4.69) is 5.32 Å². The molecule has 0 spiro atoms. The third kappa shape index (κ3) is 3.50. The Hall–Kier alpha value is -2.24. The Bertz CT molecular complexity index is 746. The molecule has 0 aliphatic rings. The smallest absolute Gasteiger partial charge is 0.339 e. The Morgan fingerprint density at radius 1 is 1.18 bits per heavy atom. The number of carbonyl (C=O) groups is 2. The molecule has 2 aromatic carbocycles. The summed E-state index contributed by atoms with van der Waals surface area (Å²) < 4.78 is 5.00. The zero-order chi connectivity index (χ0) is 16.3. The minimum atomic E-state index is -1.17. The predicted molar refractivity (Wildman–Crippen MR) is 84.4 cm³/mol. The van der Waals surface area contributed by atoms with Crippen LogP contribution in [0.15, 0.2) is 36.4 Å². The van der Waals surface area contributed by atoms with E-state index in [1.165, 1.54) is 25.3 Å². The van der Waals surface area contributed by atoms with E-state index >= 15 is 0 Å². The van der Waals surface area contributed by atoms with Gasteiger partial charge in [0.05, 0.1) is 17.8 Å². The number of halogens is 2. The number of aromatic carboxylic acids is 1. The number of carboxylic acids is 1. The summed E-state index contributed by atoms with van der Waals surface area (Å²) in [6.45, 7) is 0. The van der Waals surface area contributed by atoms with Gasteiger partial charge in [0, 0.05) is 16.7 Å². The van der Waals surface area contributed by atoms with Gasteiger partial charge < -0.3 is 15.2 Å². The van der Waals surface area contributed by atoms with E-state index in [0.717, 1.165) is 0 Å². The fourth-order valence-electron chi connectivity index (χ4n) is 1.81. The van der Waals surface area contributed by atoms with Crippen molar-refractivity contribution in [2.45, 2.75) is 0 Å². The molecule has 0 aliphatic carbocycles. The van der Waals surface area contributed by atoms with Crippen LogP contribution in [0.2, 0.25) is 10.0 Å². The van der Waals surface area contributed by atoms with Gasteiger partial charge in [0.15, 0.2) is 0 Å². The monoisotopic (exact) mass is 339 g/mol. The lowest BCUT2D eigenvalue weighted by molar-refractivity contribution is 0.0693. The van der Waals surface area contributed by atoms with Crippen molar-refractivity contribution in [3.8, 4) is 5.75 Å². The molecule has 0 aromatic heterocycles. The number of hydrogen-bond donors (Lipinski definition) is 2. The largest absolute Gasteiger partial charge is 0.496 e. The number of methoxy groups -OCH3 is 1. The number of rotatable bonds is 4. The molecule has 22 heavy (non-hydrogen) atoms. The van der Waals surface area contributed by atoms with Crippen molar-refractivity contribution in [2.24, 2.45) is 0 Å². The lowest BCUT2D eigenvalue weighted by Gasteiger charge is -2.11. The van der Waals surface area contributed by atoms with Crippen molar-refractivity contribution >= 4 is 40.8 Å². The summed E-state index contributed by atoms with van der Waals surface area (Å²) in [4.78, 5) is 23.2. The molecular formula is C15H11Cl2NO4. The molecule has 0 fully saturated rings. The molecule has 2 rings (SSSR count). The maximum absolute atomic E-state index is 12.2. The van der Waals surface area contributed by atoms with Gasteiger partial charge in [-0.3, -0.25) is 4.79 Å². The van der Waals surface area contributed by atoms with Gasteiger partial charge in [-0.2, -0.15) is 0 Å². The highest BCUT2D eigenvalue weighted by Crippen LogP contribution is 2.31. The molecule has 1 amide bonds. The summed E-state index contributed by atoms with van der Waals surface area (Å²) in [5.41, 5.74) is 0.506. The minimum Gasteiger partial charge on any atom is -0.496 e. The van der Waals surface area contributed by atoms with E-state index in [9.17, 15) is 9.59 Å². The fraction of sp³-hybridized carbons (Fsp3) is 0.0667. The first kappa shape index (κ1) is 16.1. The van der Waals surface area contributed by atoms with Crippen LogP contribution in [0, 0.1) is 0 Å². The van der Waals surface area contributed by atoms with Crippen LogP contribution in [0.4, 0.5) is 5.69 Å². The number of carbonyl (C=O) groups excluding carboxylic acids is 1. The Balaban J connectivity index is 2.33. The summed E-state index contributed by atoms with van der Waals surface area (Å²) in [5.74, 6) is -1.50. The van der Waals surface area contributed by atoms with Crippen molar-refractivity contribution in [3.63, 3.8) is 0 Å². The average molecular weight is 340 g/mol. The van der Waals surface area contributed by atoms with Crippen molar-refractivity contribution in [3.05, 3.63) is 57.6 Å². The molecule has 0 heterocycles. The lowest BCUT2D eigenvalue weighted by atomic mass is 10.1. The molecule has 0 saturated heterocycles. The summed E-state index contributed by atoms with van der Waals surface area (Å²) in [6, 6.07) is 8.97. The van der Waals surface area contributed by atoms with Crippen molar-refractivity contribution in [1.82, 2.24) is 0 Å². The molecule has 0 unspecified atom stereocenters. The van der Waals surface area contributed by atoms with E-state index in [1.807, 2.05) is 0 Å². The van der Waals surface area contributed by atoms with Crippen LogP contribution in [0.25, 0.3) is 0 Å². The van der Waals surface area contributed by atoms with E-state index in [-0.39, 0.29) is 22.0 Å². The number of benzene rings is 2. The van der Waals surface area contributed by atoms with Gasteiger partial charge in [-0.1, -0.05) is 29.3 Å². The number of ether oxygens (including phenoxy) is 1. The number of nitrogens with one attached hydrogen (secondary N) is 1. The normalized spacial score (nSPS) is 10.1. The van der Waals surface area contributed by atoms with Crippen LogP contribution in [-0.4, -0.2) is 24.1 Å². The number of amides is 1. The van der Waals surface area contributed by atoms with Gasteiger partial charge in [-0.05, 0) is 24.3 Å². The van der Waals surface area contributed by atoms with Crippen molar-refractivity contribution < 1.29 is 19.4 Å². The van der Waals surface area contributed by atoms with Crippen LogP contribution < -0.4 is 10.1 Å². The van der Waals surface area contributed by atoms with Crippen molar-refractivity contribution in [1.29, 1.82) is 0 Å². The summed E-state index contributed by atoms with van der Waals surface area (Å²) >= 11 is 11.8. The van der Waals surface area contributed by atoms with E-state index in [1.54, 1.807) is 18.2 Å². The second-order valence-corrected chi connectivity index (χ2v) is 5.15. The highest BCUT2D eigenvalue weighted by atomic mass is 35.5. The number of anilines is 1. The van der Waals surface area contributed by atoms with Crippen LogP contribution in [-0.2, 0) is 0 Å². The number of carboxylic acid groups (broad SMARTS) is 1. The molecule has 0 radical (unpaired) electrons. The molecule has 114 valence electrons. The highest BCUT2D eigenvalue weighted by molar-refractivity contribution is 6.34. The topological polar surface area (TPSA) is 75.6 Å². The van der Waals surface area contributed by atoms with E-state index < -0.39 is 11.9 Å². The van der Waals surface area contributed by atoms with Crippen LogP contribution in [0.5, 0.6) is 5.75 Å². The molecule has 7 heteroatoms. The highest BCUT2D eigenvalue weighted by Gasteiger charge is 2.16. The standard InChI is InChI=1S/C15H11Cl2NO4/c1-22-13-7-12(11(17)6-10(13)15(20)21)18-14(19)8-3-2-4-9(16)5-8/h2-7H,1H3,(H,18,19)(H,20,21). The van der Waals surface area contributed by atoms with Crippen LogP contribution in [0.1, 0.15) is 20.7 Å². The zero-order valence-corrected chi connectivity index (χ0v) is 12.9. The van der Waals surface area contributed by atoms with Gasteiger partial charge in [-0.15, -0.1) is 0 Å². The van der Waals surface area contributed by atoms with Gasteiger partial charge in [-0.25, -0.2) is 4.79 Å². The molecule has 0 saturated carbocycles. The molecule has 2 aromatic rings. The molecule has 0 atom stereocenters. The molecule has 0 bridgehead atoms. The van der Waals surface area contributed by atoms with Crippen LogP contribution >= 0.6 is 23.2 Å². The predicted octanol–water partition coefficient (Wildman–Crippen LogP) is 3.95. The van der Waals surface area contributed by atoms with E-state index in [4.69, 9.17) is 33.0 Å². The molecular weight excluding hydrogens is 329 g/mol. The SMILES string of the molecule is COc1cc(NC(=O)c2cccc(Cl)c2)c(Cl)cc1C(=O)O. The average Bonchev–Trinajstić information content (AvgIpc) is 2.48. The minimum absolute atomic E-state index is 0.0896. The van der Waals surface area contributed by atoms with Gasteiger partial charge in [0.1, 0.15) is 11.3 Å². The Labute approximate surface area is 136 Å². The first-order valence-corrected chi connectivity index (χ1v) is 6.85. The summed E-state index contributed by atoms with van der Waals surface area (Å²) in [5, 5.41) is 12.2. The summed E-state index contributed by atoms with van der Waals surface area (Å²) in [7, 11) is 1.33. The van der Waals surface area contributed by atoms with Gasteiger partial charge in [0.25, 0.3) is 5.91 Å². The fourth-order valence-corrected chi connectivity index (χ4v) is 2.21.